The van der Waals surface area contributed by atoms with Crippen LogP contribution in [0.4, 0.5) is 15.8 Å². The summed E-state index contributed by atoms with van der Waals surface area (Å²) in [4.78, 5) is 10.0. The highest BCUT2D eigenvalue weighted by molar-refractivity contribution is 7.92. The lowest BCUT2D eigenvalue weighted by Gasteiger charge is -2.13. The van der Waals surface area contributed by atoms with Gasteiger partial charge in [-0.25, -0.2) is 12.8 Å². The summed E-state index contributed by atoms with van der Waals surface area (Å²) in [6.45, 7) is 0.173. The van der Waals surface area contributed by atoms with Crippen molar-refractivity contribution in [1.29, 1.82) is 0 Å². The number of hydrogen-bond donors (Lipinski definition) is 1. The molecule has 1 N–H and O–H groups in total. The Kier molecular flexibility index (Phi) is 6.17. The summed E-state index contributed by atoms with van der Waals surface area (Å²) in [7, 11) is -2.86. The van der Waals surface area contributed by atoms with Crippen LogP contribution in [0.1, 0.15) is 5.56 Å². The van der Waals surface area contributed by atoms with Crippen LogP contribution in [0.5, 0.6) is 11.5 Å². The number of benzene rings is 3. The Hall–Kier alpha value is -3.66. The summed E-state index contributed by atoms with van der Waals surface area (Å²) >= 11 is 0. The Labute approximate surface area is 172 Å². The predicted molar refractivity (Wildman–Crippen MR) is 108 cm³/mol. The Bertz CT molecular complexity index is 1170. The second-order valence-electron chi connectivity index (χ2n) is 6.14. The molecule has 0 bridgehead atoms. The normalized spacial score (nSPS) is 11.0. The van der Waals surface area contributed by atoms with Crippen LogP contribution in [-0.2, 0) is 16.6 Å². The molecule has 30 heavy (non-hydrogen) atoms. The van der Waals surface area contributed by atoms with E-state index in [0.29, 0.717) is 5.75 Å². The van der Waals surface area contributed by atoms with Crippen molar-refractivity contribution in [3.05, 3.63) is 88.2 Å². The Balaban J connectivity index is 1.78. The topological polar surface area (TPSA) is 108 Å². The third kappa shape index (κ3) is 5.03. The number of ether oxygens (including phenoxy) is 2. The maximum Gasteiger partial charge on any atom is 0.273 e. The summed E-state index contributed by atoms with van der Waals surface area (Å²) < 4.78 is 51.5. The molecule has 8 nitrogen and oxygen atoms in total. The van der Waals surface area contributed by atoms with Crippen LogP contribution >= 0.6 is 0 Å². The van der Waals surface area contributed by atoms with E-state index in [0.717, 1.165) is 23.8 Å². The van der Waals surface area contributed by atoms with Crippen LogP contribution in [-0.4, -0.2) is 20.5 Å². The van der Waals surface area contributed by atoms with E-state index < -0.39 is 14.9 Å². The third-order valence-corrected chi connectivity index (χ3v) is 5.47. The van der Waals surface area contributed by atoms with E-state index in [2.05, 4.69) is 4.72 Å². The molecule has 0 fully saturated rings. The largest absolute Gasteiger partial charge is 0.495 e. The first-order valence-electron chi connectivity index (χ1n) is 8.61. The van der Waals surface area contributed by atoms with Crippen molar-refractivity contribution in [3.63, 3.8) is 0 Å². The molecular weight excluding hydrogens is 415 g/mol. The first kappa shape index (κ1) is 21.1. The fourth-order valence-electron chi connectivity index (χ4n) is 2.60. The van der Waals surface area contributed by atoms with Gasteiger partial charge in [0.05, 0.1) is 23.8 Å². The van der Waals surface area contributed by atoms with Gasteiger partial charge in [0.2, 0.25) is 0 Å². The van der Waals surface area contributed by atoms with Crippen molar-refractivity contribution in [2.24, 2.45) is 0 Å². The second-order valence-corrected chi connectivity index (χ2v) is 7.79. The van der Waals surface area contributed by atoms with Gasteiger partial charge < -0.3 is 9.47 Å². The SMILES string of the molecule is COc1cc([N+](=O)[O-])ccc1S(=O)(=O)Nc1cccc(OCc2ccc(F)cc2)c1. The van der Waals surface area contributed by atoms with Gasteiger partial charge in [-0.15, -0.1) is 0 Å². The number of methoxy groups -OCH3 is 1. The van der Waals surface area contributed by atoms with Crippen molar-refractivity contribution in [1.82, 2.24) is 0 Å². The summed E-state index contributed by atoms with van der Waals surface area (Å²) in [5.74, 6) is -0.104. The number of nitro benzene ring substituents is 1. The number of nitrogens with zero attached hydrogens (tertiary/aromatic N) is 1. The van der Waals surface area contributed by atoms with Gasteiger partial charge in [-0.1, -0.05) is 18.2 Å². The number of rotatable bonds is 8. The molecule has 0 aliphatic heterocycles. The van der Waals surface area contributed by atoms with Gasteiger partial charge in [0.25, 0.3) is 15.7 Å². The zero-order valence-electron chi connectivity index (χ0n) is 15.7. The zero-order chi connectivity index (χ0) is 21.7. The maximum atomic E-state index is 13.0. The Morgan fingerprint density at radius 2 is 1.80 bits per heavy atom. The fourth-order valence-corrected chi connectivity index (χ4v) is 3.80. The number of nitrogens with one attached hydrogen (secondary N) is 1. The molecule has 0 spiro atoms. The van der Waals surface area contributed by atoms with Crippen molar-refractivity contribution < 1.29 is 27.2 Å². The quantitative estimate of drug-likeness (QED) is 0.424. The van der Waals surface area contributed by atoms with Gasteiger partial charge >= 0.3 is 0 Å². The first-order valence-corrected chi connectivity index (χ1v) is 10.1. The molecule has 0 heterocycles. The van der Waals surface area contributed by atoms with E-state index in [4.69, 9.17) is 9.47 Å². The van der Waals surface area contributed by atoms with Gasteiger partial charge in [-0.3, -0.25) is 14.8 Å². The molecule has 3 aromatic carbocycles. The molecule has 0 atom stereocenters. The van der Waals surface area contributed by atoms with Gasteiger partial charge in [-0.2, -0.15) is 0 Å². The standard InChI is InChI=1S/C20H17FN2O6S/c1-28-19-12-17(23(24)25)9-10-20(19)30(26,27)22-16-3-2-4-18(11-16)29-13-14-5-7-15(21)8-6-14/h2-12,22H,13H2,1H3. The lowest BCUT2D eigenvalue weighted by atomic mass is 10.2. The highest BCUT2D eigenvalue weighted by Crippen LogP contribution is 2.30. The lowest BCUT2D eigenvalue weighted by molar-refractivity contribution is -0.385. The summed E-state index contributed by atoms with van der Waals surface area (Å²) in [5, 5.41) is 10.9. The van der Waals surface area contributed by atoms with Crippen LogP contribution in [0, 0.1) is 15.9 Å². The Morgan fingerprint density at radius 3 is 2.47 bits per heavy atom. The number of hydrogen-bond acceptors (Lipinski definition) is 6. The van der Waals surface area contributed by atoms with Gasteiger partial charge in [-0.05, 0) is 35.9 Å². The molecule has 0 saturated carbocycles. The molecule has 0 unspecified atom stereocenters. The molecular formula is C20H17FN2O6S. The minimum Gasteiger partial charge on any atom is -0.495 e. The van der Waals surface area contributed by atoms with Crippen LogP contribution in [0.15, 0.2) is 71.6 Å². The molecule has 3 aromatic rings. The van der Waals surface area contributed by atoms with Gasteiger partial charge in [0.1, 0.15) is 28.8 Å². The molecule has 0 radical (unpaired) electrons. The number of halogens is 1. The number of sulfonamides is 1. The van der Waals surface area contributed by atoms with Crippen LogP contribution in [0.25, 0.3) is 0 Å². The number of anilines is 1. The first-order chi connectivity index (χ1) is 14.3. The molecule has 0 aromatic heterocycles. The smallest absolute Gasteiger partial charge is 0.273 e. The van der Waals surface area contributed by atoms with E-state index in [1.165, 1.54) is 31.4 Å². The monoisotopic (exact) mass is 432 g/mol. The van der Waals surface area contributed by atoms with Crippen molar-refractivity contribution in [2.45, 2.75) is 11.5 Å². The summed E-state index contributed by atoms with van der Waals surface area (Å²) in [6.07, 6.45) is 0. The number of nitro groups is 1. The molecule has 156 valence electrons. The van der Waals surface area contributed by atoms with Crippen molar-refractivity contribution in [3.8, 4) is 11.5 Å². The minimum atomic E-state index is -4.08. The highest BCUT2D eigenvalue weighted by Gasteiger charge is 2.22. The Morgan fingerprint density at radius 1 is 1.07 bits per heavy atom. The lowest BCUT2D eigenvalue weighted by Crippen LogP contribution is -2.14. The number of non-ortho nitro benzene ring substituents is 1. The average Bonchev–Trinajstić information content (AvgIpc) is 2.72. The molecule has 0 amide bonds. The van der Waals surface area contributed by atoms with Gasteiger partial charge in [0, 0.05) is 12.1 Å². The van der Waals surface area contributed by atoms with Crippen molar-refractivity contribution >= 4 is 21.4 Å². The van der Waals surface area contributed by atoms with Crippen LogP contribution in [0.2, 0.25) is 0 Å². The van der Waals surface area contributed by atoms with E-state index in [9.17, 15) is 22.9 Å². The van der Waals surface area contributed by atoms with Crippen LogP contribution in [0.3, 0.4) is 0 Å². The van der Waals surface area contributed by atoms with E-state index in [1.54, 1.807) is 24.3 Å². The van der Waals surface area contributed by atoms with Crippen molar-refractivity contribution in [2.75, 3.05) is 11.8 Å². The molecule has 0 aliphatic rings. The van der Waals surface area contributed by atoms with Crippen LogP contribution < -0.4 is 14.2 Å². The fraction of sp³-hybridized carbons (Fsp3) is 0.100. The average molecular weight is 432 g/mol. The maximum absolute atomic E-state index is 13.0. The summed E-state index contributed by atoms with van der Waals surface area (Å²) in [6, 6.07) is 15.3. The molecule has 3 rings (SSSR count). The second kappa shape index (κ2) is 8.78. The highest BCUT2D eigenvalue weighted by atomic mass is 32.2. The minimum absolute atomic E-state index is 0.152. The van der Waals surface area contributed by atoms with E-state index in [1.807, 2.05) is 0 Å². The van der Waals surface area contributed by atoms with Gasteiger partial charge in [0.15, 0.2) is 0 Å². The summed E-state index contributed by atoms with van der Waals surface area (Å²) in [5.41, 5.74) is 0.687. The molecule has 10 heteroatoms. The molecule has 0 saturated heterocycles. The third-order valence-electron chi connectivity index (χ3n) is 4.05. The molecule has 0 aliphatic carbocycles. The van der Waals surface area contributed by atoms with E-state index >= 15 is 0 Å². The zero-order valence-corrected chi connectivity index (χ0v) is 16.6. The predicted octanol–water partition coefficient (Wildman–Crippen LogP) is 4.12. The van der Waals surface area contributed by atoms with E-state index in [-0.39, 0.29) is 34.4 Å².